The van der Waals surface area contributed by atoms with E-state index in [1.54, 1.807) is 0 Å². The molecule has 1 aromatic rings. The average Bonchev–Trinajstić information content (AvgIpc) is 2.34. The fraction of sp³-hybridized carbons (Fsp3) is 0.462. The number of aryl methyl sites for hydroxylation is 1. The third-order valence-electron chi connectivity index (χ3n) is 2.80. The summed E-state index contributed by atoms with van der Waals surface area (Å²) in [5.41, 5.74) is 2.53. The van der Waals surface area contributed by atoms with Crippen molar-refractivity contribution in [3.05, 3.63) is 29.8 Å². The highest BCUT2D eigenvalue weighted by Gasteiger charge is 2.16. The van der Waals surface area contributed by atoms with Gasteiger partial charge in [-0.25, -0.2) is 0 Å². The number of anilines is 1. The van der Waals surface area contributed by atoms with E-state index >= 15 is 0 Å². The molecule has 1 N–H and O–H groups in total. The Morgan fingerprint density at radius 1 is 1.44 bits per heavy atom. The lowest BCUT2D eigenvalue weighted by Gasteiger charge is -2.26. The van der Waals surface area contributed by atoms with Gasteiger partial charge in [0.1, 0.15) is 12.5 Å². The molecule has 0 fully saturated rings. The number of hydrogen-bond acceptors (Lipinski definition) is 3. The van der Waals surface area contributed by atoms with Crippen LogP contribution in [0.25, 0.3) is 0 Å². The van der Waals surface area contributed by atoms with Crippen LogP contribution in [-0.2, 0) is 16.0 Å². The van der Waals surface area contributed by atoms with Crippen LogP contribution < -0.4 is 5.32 Å². The Hall–Kier alpha value is -1.35. The normalized spacial score (nSPS) is 18.6. The number of benzene rings is 1. The van der Waals surface area contributed by atoms with Gasteiger partial charge < -0.3 is 14.8 Å². The maximum atomic E-state index is 10.1. The Labute approximate surface area is 95.8 Å². The minimum absolute atomic E-state index is 0.0987. The summed E-state index contributed by atoms with van der Waals surface area (Å²) in [6, 6.07) is 8.31. The van der Waals surface area contributed by atoms with Gasteiger partial charge in [0.05, 0.1) is 0 Å². The van der Waals surface area contributed by atoms with E-state index in [1.165, 1.54) is 11.3 Å². The number of carbonyl (C=O) groups is 1. The van der Waals surface area contributed by atoms with Crippen LogP contribution in [0.1, 0.15) is 24.8 Å². The molecule has 1 atom stereocenters. The molecule has 0 aliphatic carbocycles. The molecule has 1 unspecified atom stereocenters. The molecule has 0 saturated heterocycles. The lowest BCUT2D eigenvalue weighted by molar-refractivity contribution is -0.108. The molecule has 0 aromatic heterocycles. The van der Waals surface area contributed by atoms with Crippen molar-refractivity contribution < 1.29 is 9.53 Å². The standard InChI is InChI=1S/C13H17NO2/c15-9-3-4-10-16-13-8-7-11-5-1-2-6-12(11)14-13/h1-2,5-6,9,13-14H,3-4,7-8,10H2. The molecule has 0 radical (unpaired) electrons. The van der Waals surface area contributed by atoms with E-state index in [-0.39, 0.29) is 6.23 Å². The van der Waals surface area contributed by atoms with E-state index in [0.717, 1.165) is 25.5 Å². The van der Waals surface area contributed by atoms with Crippen LogP contribution in [-0.4, -0.2) is 19.1 Å². The molecule has 1 aliphatic heterocycles. The molecule has 1 aromatic carbocycles. The second-order valence-corrected chi connectivity index (χ2v) is 4.01. The van der Waals surface area contributed by atoms with Crippen molar-refractivity contribution in [3.8, 4) is 0 Å². The second kappa shape index (κ2) is 5.66. The van der Waals surface area contributed by atoms with Crippen LogP contribution in [0.3, 0.4) is 0 Å². The molecule has 1 aliphatic rings. The Kier molecular flexibility index (Phi) is 3.94. The topological polar surface area (TPSA) is 38.3 Å². The summed E-state index contributed by atoms with van der Waals surface area (Å²) in [6.45, 7) is 0.651. The van der Waals surface area contributed by atoms with Crippen LogP contribution in [0.4, 0.5) is 5.69 Å². The van der Waals surface area contributed by atoms with Crippen molar-refractivity contribution in [3.63, 3.8) is 0 Å². The maximum Gasteiger partial charge on any atom is 0.128 e. The Balaban J connectivity index is 1.81. The number of aldehydes is 1. The SMILES string of the molecule is O=CCCCOC1CCc2ccccc2N1. The first-order valence-electron chi connectivity index (χ1n) is 5.80. The van der Waals surface area contributed by atoms with Crippen LogP contribution in [0.5, 0.6) is 0 Å². The van der Waals surface area contributed by atoms with Gasteiger partial charge in [-0.05, 0) is 30.9 Å². The molecular formula is C13H17NO2. The van der Waals surface area contributed by atoms with Gasteiger partial charge in [-0.15, -0.1) is 0 Å². The summed E-state index contributed by atoms with van der Waals surface area (Å²) >= 11 is 0. The molecule has 0 spiro atoms. The van der Waals surface area contributed by atoms with Crippen LogP contribution >= 0.6 is 0 Å². The molecule has 16 heavy (non-hydrogen) atoms. The van der Waals surface area contributed by atoms with E-state index in [2.05, 4.69) is 23.5 Å². The molecular weight excluding hydrogens is 202 g/mol. The van der Waals surface area contributed by atoms with Gasteiger partial charge in [-0.2, -0.15) is 0 Å². The summed E-state index contributed by atoms with van der Waals surface area (Å²) in [5, 5.41) is 3.36. The summed E-state index contributed by atoms with van der Waals surface area (Å²) < 4.78 is 5.67. The highest BCUT2D eigenvalue weighted by atomic mass is 16.5. The predicted octanol–water partition coefficient (Wildman–Crippen LogP) is 2.37. The van der Waals surface area contributed by atoms with Crippen LogP contribution in [0, 0.1) is 0 Å². The fourth-order valence-corrected chi connectivity index (χ4v) is 1.93. The predicted molar refractivity (Wildman–Crippen MR) is 63.4 cm³/mol. The molecule has 0 bridgehead atoms. The lowest BCUT2D eigenvalue weighted by atomic mass is 10.0. The molecule has 2 rings (SSSR count). The number of nitrogens with one attached hydrogen (secondary N) is 1. The average molecular weight is 219 g/mol. The summed E-state index contributed by atoms with van der Waals surface area (Å²) in [7, 11) is 0. The maximum absolute atomic E-state index is 10.1. The van der Waals surface area contributed by atoms with E-state index in [4.69, 9.17) is 4.74 Å². The molecule has 1 heterocycles. The summed E-state index contributed by atoms with van der Waals surface area (Å²) in [6.07, 6.45) is 4.49. The number of carbonyl (C=O) groups excluding carboxylic acids is 1. The van der Waals surface area contributed by atoms with Crippen molar-refractivity contribution >= 4 is 12.0 Å². The molecule has 3 nitrogen and oxygen atoms in total. The number of rotatable bonds is 5. The fourth-order valence-electron chi connectivity index (χ4n) is 1.93. The Morgan fingerprint density at radius 2 is 2.31 bits per heavy atom. The quantitative estimate of drug-likeness (QED) is 0.610. The van der Waals surface area contributed by atoms with Crippen molar-refractivity contribution in [2.45, 2.75) is 31.9 Å². The molecule has 3 heteroatoms. The van der Waals surface area contributed by atoms with Gasteiger partial charge in [0.25, 0.3) is 0 Å². The highest BCUT2D eigenvalue weighted by Crippen LogP contribution is 2.24. The van der Waals surface area contributed by atoms with Gasteiger partial charge >= 0.3 is 0 Å². The molecule has 86 valence electrons. The number of hydrogen-bond donors (Lipinski definition) is 1. The third-order valence-corrected chi connectivity index (χ3v) is 2.80. The number of ether oxygens (including phenoxy) is 1. The van der Waals surface area contributed by atoms with Crippen molar-refractivity contribution in [2.24, 2.45) is 0 Å². The van der Waals surface area contributed by atoms with E-state index < -0.39 is 0 Å². The number of unbranched alkanes of at least 4 members (excludes halogenated alkanes) is 1. The molecule has 0 amide bonds. The van der Waals surface area contributed by atoms with Gasteiger partial charge in [-0.3, -0.25) is 0 Å². The van der Waals surface area contributed by atoms with Crippen molar-refractivity contribution in [1.82, 2.24) is 0 Å². The first-order chi connectivity index (χ1) is 7.90. The largest absolute Gasteiger partial charge is 0.360 e. The monoisotopic (exact) mass is 219 g/mol. The van der Waals surface area contributed by atoms with Gasteiger partial charge in [0.2, 0.25) is 0 Å². The lowest BCUT2D eigenvalue weighted by Crippen LogP contribution is -2.28. The summed E-state index contributed by atoms with van der Waals surface area (Å²) in [4.78, 5) is 10.1. The first-order valence-corrected chi connectivity index (χ1v) is 5.80. The van der Waals surface area contributed by atoms with Crippen molar-refractivity contribution in [1.29, 1.82) is 0 Å². The third kappa shape index (κ3) is 2.83. The summed E-state index contributed by atoms with van der Waals surface area (Å²) in [5.74, 6) is 0. The minimum Gasteiger partial charge on any atom is -0.360 e. The first kappa shape index (κ1) is 11.1. The van der Waals surface area contributed by atoms with Gasteiger partial charge in [-0.1, -0.05) is 18.2 Å². The Morgan fingerprint density at radius 3 is 3.19 bits per heavy atom. The highest BCUT2D eigenvalue weighted by molar-refractivity contribution is 5.53. The zero-order valence-electron chi connectivity index (χ0n) is 9.32. The Bertz CT molecular complexity index is 352. The minimum atomic E-state index is 0.0987. The smallest absolute Gasteiger partial charge is 0.128 e. The number of para-hydroxylation sites is 1. The number of fused-ring (bicyclic) bond motifs is 1. The van der Waals surface area contributed by atoms with Gasteiger partial charge in [0, 0.05) is 18.7 Å². The zero-order valence-corrected chi connectivity index (χ0v) is 9.32. The van der Waals surface area contributed by atoms with E-state index in [0.29, 0.717) is 13.0 Å². The van der Waals surface area contributed by atoms with Crippen LogP contribution in [0.15, 0.2) is 24.3 Å². The zero-order chi connectivity index (χ0) is 11.2. The van der Waals surface area contributed by atoms with E-state index in [9.17, 15) is 4.79 Å². The van der Waals surface area contributed by atoms with Crippen LogP contribution in [0.2, 0.25) is 0 Å². The van der Waals surface area contributed by atoms with Crippen molar-refractivity contribution in [2.75, 3.05) is 11.9 Å². The van der Waals surface area contributed by atoms with Gasteiger partial charge in [0.15, 0.2) is 0 Å². The molecule has 0 saturated carbocycles. The second-order valence-electron chi connectivity index (χ2n) is 4.01. The van der Waals surface area contributed by atoms with E-state index in [1.807, 2.05) is 6.07 Å².